The number of fused-ring (bicyclic) bond motifs is 1. The van der Waals surface area contributed by atoms with Crippen molar-refractivity contribution in [2.24, 2.45) is 0 Å². The van der Waals surface area contributed by atoms with Crippen molar-refractivity contribution in [3.05, 3.63) is 89.7 Å². The number of piperidine rings is 1. The summed E-state index contributed by atoms with van der Waals surface area (Å²) in [4.78, 5) is 31.9. The molecule has 0 unspecified atom stereocenters. The molecule has 0 saturated carbocycles. The Morgan fingerprint density at radius 1 is 0.953 bits per heavy atom. The summed E-state index contributed by atoms with van der Waals surface area (Å²) in [7, 11) is 0. The maximum atomic E-state index is 13.9. The van der Waals surface area contributed by atoms with Crippen molar-refractivity contribution in [3.8, 4) is 17.1 Å². The quantitative estimate of drug-likeness (QED) is 0.221. The van der Waals surface area contributed by atoms with Gasteiger partial charge in [-0.15, -0.1) is 0 Å². The van der Waals surface area contributed by atoms with Crippen LogP contribution in [0.2, 0.25) is 5.02 Å². The molecule has 14 heteroatoms. The molecule has 9 nitrogen and oxygen atoms in total. The van der Waals surface area contributed by atoms with Gasteiger partial charge in [-0.25, -0.2) is 29.1 Å². The number of para-hydroxylation sites is 1. The highest BCUT2D eigenvalue weighted by atomic mass is 35.5. The summed E-state index contributed by atoms with van der Waals surface area (Å²) < 4.78 is 55.2. The van der Waals surface area contributed by atoms with Crippen molar-refractivity contribution in [1.29, 1.82) is 0 Å². The van der Waals surface area contributed by atoms with Crippen LogP contribution < -0.4 is 15.5 Å². The Kier molecular flexibility index (Phi) is 7.57. The Balaban J connectivity index is 1.29. The first-order valence-electron chi connectivity index (χ1n) is 13.3. The molecule has 43 heavy (non-hydrogen) atoms. The highest BCUT2D eigenvalue weighted by Crippen LogP contribution is 2.36. The van der Waals surface area contributed by atoms with Crippen LogP contribution in [0, 0.1) is 5.82 Å². The van der Waals surface area contributed by atoms with E-state index in [1.165, 1.54) is 24.5 Å². The van der Waals surface area contributed by atoms with E-state index in [1.807, 2.05) is 4.90 Å². The molecule has 4 heterocycles. The van der Waals surface area contributed by atoms with Gasteiger partial charge in [-0.3, -0.25) is 4.57 Å². The fourth-order valence-corrected chi connectivity index (χ4v) is 5.23. The fraction of sp³-hybridized carbons (Fsp3) is 0.207. The molecule has 2 amide bonds. The zero-order valence-electron chi connectivity index (χ0n) is 22.3. The lowest BCUT2D eigenvalue weighted by Crippen LogP contribution is -2.46. The zero-order valence-corrected chi connectivity index (χ0v) is 23.1. The number of imidazole rings is 1. The van der Waals surface area contributed by atoms with Crippen LogP contribution in [0.5, 0.6) is 0 Å². The minimum Gasteiger partial charge on any atom is -0.355 e. The second kappa shape index (κ2) is 11.5. The van der Waals surface area contributed by atoms with Crippen LogP contribution in [0.15, 0.2) is 73.2 Å². The molecule has 0 aliphatic carbocycles. The van der Waals surface area contributed by atoms with Gasteiger partial charge in [-0.05, 0) is 49.2 Å². The molecule has 1 fully saturated rings. The second-order valence-corrected chi connectivity index (χ2v) is 10.3. The van der Waals surface area contributed by atoms with Crippen molar-refractivity contribution < 1.29 is 22.4 Å². The van der Waals surface area contributed by atoms with E-state index in [4.69, 9.17) is 16.6 Å². The summed E-state index contributed by atoms with van der Waals surface area (Å²) in [5.74, 6) is 0.374. The third-order valence-electron chi connectivity index (χ3n) is 7.09. The number of benzene rings is 2. The van der Waals surface area contributed by atoms with Gasteiger partial charge in [0.05, 0.1) is 22.6 Å². The van der Waals surface area contributed by atoms with Gasteiger partial charge in [0.2, 0.25) is 0 Å². The second-order valence-electron chi connectivity index (χ2n) is 9.86. The number of halogens is 5. The van der Waals surface area contributed by atoms with E-state index in [0.717, 1.165) is 12.3 Å². The monoisotopic (exact) mass is 610 g/mol. The number of carbonyl (C=O) groups excluding carboxylic acids is 1. The van der Waals surface area contributed by atoms with Gasteiger partial charge >= 0.3 is 12.2 Å². The largest absolute Gasteiger partial charge is 0.433 e. The van der Waals surface area contributed by atoms with Gasteiger partial charge in [0, 0.05) is 24.7 Å². The molecular weight excluding hydrogens is 588 g/mol. The first kappa shape index (κ1) is 28.3. The molecule has 1 aliphatic rings. The Morgan fingerprint density at radius 3 is 2.40 bits per heavy atom. The molecular formula is C29H23ClF4N8O. The number of amides is 2. The molecule has 6 rings (SSSR count). The normalized spacial score (nSPS) is 14.2. The van der Waals surface area contributed by atoms with E-state index in [2.05, 4.69) is 25.6 Å². The van der Waals surface area contributed by atoms with E-state index in [9.17, 15) is 22.4 Å². The van der Waals surface area contributed by atoms with Gasteiger partial charge in [-0.2, -0.15) is 13.2 Å². The number of nitrogens with one attached hydrogen (secondary N) is 2. The number of rotatable bonds is 5. The molecule has 1 aliphatic heterocycles. The molecule has 1 saturated heterocycles. The lowest BCUT2D eigenvalue weighted by molar-refractivity contribution is -0.141. The van der Waals surface area contributed by atoms with E-state index in [0.29, 0.717) is 65.0 Å². The summed E-state index contributed by atoms with van der Waals surface area (Å²) in [6.45, 7) is 1.04. The summed E-state index contributed by atoms with van der Waals surface area (Å²) in [6, 6.07) is 14.5. The van der Waals surface area contributed by atoms with Gasteiger partial charge in [-0.1, -0.05) is 35.9 Å². The molecule has 0 atom stereocenters. The summed E-state index contributed by atoms with van der Waals surface area (Å²) in [6.07, 6.45) is -0.935. The number of hydrogen-bond acceptors (Lipinski definition) is 6. The first-order chi connectivity index (χ1) is 20.7. The van der Waals surface area contributed by atoms with Crippen LogP contribution in [0.25, 0.3) is 28.2 Å². The molecule has 3 aromatic heterocycles. The first-order valence-corrected chi connectivity index (χ1v) is 13.7. The average Bonchev–Trinajstić information content (AvgIpc) is 3.38. The molecule has 2 aromatic carbocycles. The SMILES string of the molecule is O=C(Nc1ccccc1F)NC1CCN(c2ncnc3c2nc(-c2ccccc2Cl)n3-c2ccc(C(F)(F)F)nc2)CC1. The van der Waals surface area contributed by atoms with Crippen molar-refractivity contribution >= 4 is 40.3 Å². The van der Waals surface area contributed by atoms with Crippen LogP contribution in [0.3, 0.4) is 0 Å². The van der Waals surface area contributed by atoms with Crippen molar-refractivity contribution in [3.63, 3.8) is 0 Å². The van der Waals surface area contributed by atoms with E-state index in [-0.39, 0.29) is 11.7 Å². The maximum Gasteiger partial charge on any atom is 0.433 e. The number of alkyl halides is 3. The van der Waals surface area contributed by atoms with Crippen LogP contribution in [-0.2, 0) is 6.18 Å². The predicted molar refractivity (Wildman–Crippen MR) is 154 cm³/mol. The molecule has 0 bridgehead atoms. The minimum atomic E-state index is -4.59. The van der Waals surface area contributed by atoms with Crippen molar-refractivity contribution in [2.75, 3.05) is 23.3 Å². The molecule has 220 valence electrons. The third-order valence-corrected chi connectivity index (χ3v) is 7.42. The summed E-state index contributed by atoms with van der Waals surface area (Å²) in [5, 5.41) is 5.81. The Bertz CT molecular complexity index is 1790. The Morgan fingerprint density at radius 2 is 1.70 bits per heavy atom. The third kappa shape index (κ3) is 5.80. The topological polar surface area (TPSA) is 101 Å². The maximum absolute atomic E-state index is 13.9. The van der Waals surface area contributed by atoms with E-state index >= 15 is 0 Å². The van der Waals surface area contributed by atoms with Crippen molar-refractivity contribution in [1.82, 2.24) is 29.8 Å². The number of nitrogens with zero attached hydrogens (tertiary/aromatic N) is 6. The number of aromatic nitrogens is 5. The number of pyridine rings is 1. The van der Waals surface area contributed by atoms with Gasteiger partial charge in [0.25, 0.3) is 0 Å². The Hall–Kier alpha value is -4.78. The predicted octanol–water partition coefficient (Wildman–Crippen LogP) is 6.48. The lowest BCUT2D eigenvalue weighted by atomic mass is 10.1. The fourth-order valence-electron chi connectivity index (χ4n) is 5.01. The lowest BCUT2D eigenvalue weighted by Gasteiger charge is -2.33. The van der Waals surface area contributed by atoms with E-state index in [1.54, 1.807) is 41.0 Å². The number of carbonyl (C=O) groups is 1. The summed E-state index contributed by atoms with van der Waals surface area (Å²) >= 11 is 6.51. The van der Waals surface area contributed by atoms with Gasteiger partial charge in [0.15, 0.2) is 17.0 Å². The highest BCUT2D eigenvalue weighted by Gasteiger charge is 2.32. The molecule has 5 aromatic rings. The van der Waals surface area contributed by atoms with Crippen LogP contribution in [-0.4, -0.2) is 49.7 Å². The average molecular weight is 611 g/mol. The summed E-state index contributed by atoms with van der Waals surface area (Å²) in [5.41, 5.74) is 0.742. The number of urea groups is 1. The molecule has 0 spiro atoms. The Labute approximate surface area is 247 Å². The molecule has 2 N–H and O–H groups in total. The van der Waals surface area contributed by atoms with Gasteiger partial charge < -0.3 is 15.5 Å². The minimum absolute atomic E-state index is 0.0916. The number of hydrogen-bond donors (Lipinski definition) is 2. The van der Waals surface area contributed by atoms with Crippen molar-refractivity contribution in [2.45, 2.75) is 25.1 Å². The molecule has 0 radical (unpaired) electrons. The van der Waals surface area contributed by atoms with Gasteiger partial charge in [0.1, 0.15) is 23.7 Å². The van der Waals surface area contributed by atoms with Crippen LogP contribution in [0.1, 0.15) is 18.5 Å². The highest BCUT2D eigenvalue weighted by molar-refractivity contribution is 6.33. The van der Waals surface area contributed by atoms with Crippen LogP contribution in [0.4, 0.5) is 33.9 Å². The van der Waals surface area contributed by atoms with E-state index < -0.39 is 23.7 Å². The van der Waals surface area contributed by atoms with Crippen LogP contribution >= 0.6 is 11.6 Å². The zero-order chi connectivity index (χ0) is 30.1. The standard InChI is InChI=1S/C29H23ClF4N8O/c30-20-6-2-1-5-19(20)25-40-24-26(36-16-37-27(24)42(25)18-9-10-23(35-15-18)29(32,33)34)41-13-11-17(12-14-41)38-28(43)39-22-8-4-3-7-21(22)31/h1-10,15-17H,11-14H2,(H2,38,39,43). The number of anilines is 2. The smallest absolute Gasteiger partial charge is 0.355 e.